The molecular formula is C20H22N2O4S. The Morgan fingerprint density at radius 3 is 2.48 bits per heavy atom. The van der Waals surface area contributed by atoms with E-state index < -0.39 is 10.0 Å². The van der Waals surface area contributed by atoms with E-state index in [4.69, 9.17) is 0 Å². The first-order valence-corrected chi connectivity index (χ1v) is 10.5. The Kier molecular flexibility index (Phi) is 5.60. The van der Waals surface area contributed by atoms with E-state index in [0.29, 0.717) is 23.5 Å². The van der Waals surface area contributed by atoms with Crippen LogP contribution in [-0.4, -0.2) is 32.4 Å². The predicted octanol–water partition coefficient (Wildman–Crippen LogP) is 3.00. The Balaban J connectivity index is 1.62. The zero-order chi connectivity index (χ0) is 19.4. The third kappa shape index (κ3) is 4.54. The lowest BCUT2D eigenvalue weighted by Gasteiger charge is -2.30. The number of aryl methyl sites for hydroxylation is 1. The molecule has 0 saturated heterocycles. The molecule has 0 radical (unpaired) electrons. The van der Waals surface area contributed by atoms with E-state index in [1.54, 1.807) is 24.3 Å². The summed E-state index contributed by atoms with van der Waals surface area (Å²) in [5.41, 5.74) is 2.82. The molecule has 142 valence electrons. The van der Waals surface area contributed by atoms with Crippen molar-refractivity contribution < 1.29 is 18.0 Å². The maximum atomic E-state index is 12.7. The average Bonchev–Trinajstić information content (AvgIpc) is 2.66. The van der Waals surface area contributed by atoms with E-state index >= 15 is 0 Å². The Morgan fingerprint density at radius 2 is 1.78 bits per heavy atom. The highest BCUT2D eigenvalue weighted by Crippen LogP contribution is 2.29. The van der Waals surface area contributed by atoms with Gasteiger partial charge in [-0.1, -0.05) is 18.2 Å². The number of carbonyl (C=O) groups is 2. The maximum absolute atomic E-state index is 12.7. The first-order valence-electron chi connectivity index (χ1n) is 8.86. The zero-order valence-corrected chi connectivity index (χ0v) is 16.0. The van der Waals surface area contributed by atoms with Crippen LogP contribution in [0.1, 0.15) is 35.7 Å². The van der Waals surface area contributed by atoms with E-state index in [2.05, 4.69) is 5.32 Å². The number of amides is 1. The summed E-state index contributed by atoms with van der Waals surface area (Å²) in [6.07, 6.45) is 1.50. The smallest absolute Gasteiger partial charge is 0.235 e. The summed E-state index contributed by atoms with van der Waals surface area (Å²) in [5.74, 6) is -0.682. The number of nitrogens with one attached hydrogen (secondary N) is 1. The molecule has 1 heterocycles. The second-order valence-corrected chi connectivity index (χ2v) is 8.56. The molecule has 1 aliphatic heterocycles. The van der Waals surface area contributed by atoms with Crippen LogP contribution in [0.2, 0.25) is 0 Å². The first kappa shape index (κ1) is 19.1. The van der Waals surface area contributed by atoms with Gasteiger partial charge in [0.25, 0.3) is 0 Å². The third-order valence-electron chi connectivity index (χ3n) is 4.57. The van der Waals surface area contributed by atoms with Gasteiger partial charge in [-0.25, -0.2) is 8.42 Å². The molecule has 7 heteroatoms. The number of benzene rings is 2. The number of carbonyl (C=O) groups excluding carboxylic acids is 2. The van der Waals surface area contributed by atoms with Crippen LogP contribution in [0, 0.1) is 0 Å². The lowest BCUT2D eigenvalue weighted by atomic mass is 10.0. The molecule has 1 N–H and O–H groups in total. The lowest BCUT2D eigenvalue weighted by molar-refractivity contribution is -0.115. The van der Waals surface area contributed by atoms with Crippen molar-refractivity contribution in [3.05, 3.63) is 59.7 Å². The van der Waals surface area contributed by atoms with Crippen molar-refractivity contribution in [3.8, 4) is 0 Å². The highest BCUT2D eigenvalue weighted by molar-refractivity contribution is 7.92. The van der Waals surface area contributed by atoms with Crippen LogP contribution in [0.3, 0.4) is 0 Å². The number of para-hydroxylation sites is 1. The van der Waals surface area contributed by atoms with Crippen LogP contribution in [0.5, 0.6) is 0 Å². The summed E-state index contributed by atoms with van der Waals surface area (Å²) in [6, 6.07) is 14.0. The molecule has 0 saturated carbocycles. The number of hydrogen-bond acceptors (Lipinski definition) is 4. The van der Waals surface area contributed by atoms with E-state index in [1.165, 1.54) is 11.2 Å². The third-order valence-corrected chi connectivity index (χ3v) is 6.34. The molecule has 0 fully saturated rings. The van der Waals surface area contributed by atoms with Gasteiger partial charge in [-0.2, -0.15) is 0 Å². The molecule has 1 amide bonds. The highest BCUT2D eigenvalue weighted by Gasteiger charge is 2.27. The Labute approximate surface area is 159 Å². The van der Waals surface area contributed by atoms with Gasteiger partial charge in [-0.3, -0.25) is 13.9 Å². The molecule has 3 rings (SSSR count). The number of rotatable bonds is 6. The summed E-state index contributed by atoms with van der Waals surface area (Å²) >= 11 is 0. The van der Waals surface area contributed by atoms with E-state index in [-0.39, 0.29) is 23.9 Å². The van der Waals surface area contributed by atoms with Gasteiger partial charge in [0.05, 0.1) is 11.4 Å². The van der Waals surface area contributed by atoms with Crippen molar-refractivity contribution in [2.45, 2.75) is 26.2 Å². The number of ketones is 1. The van der Waals surface area contributed by atoms with Gasteiger partial charge in [-0.15, -0.1) is 0 Å². The van der Waals surface area contributed by atoms with Gasteiger partial charge in [0.1, 0.15) is 0 Å². The number of sulfonamides is 1. The van der Waals surface area contributed by atoms with Crippen molar-refractivity contribution >= 4 is 33.1 Å². The fraction of sp³-hybridized carbons (Fsp3) is 0.300. The number of hydrogen-bond donors (Lipinski definition) is 1. The Hall–Kier alpha value is -2.67. The minimum absolute atomic E-state index is 0.0548. The summed E-state index contributed by atoms with van der Waals surface area (Å²) in [7, 11) is -3.57. The summed E-state index contributed by atoms with van der Waals surface area (Å²) in [5, 5.41) is 2.67. The molecule has 0 spiro atoms. The SMILES string of the molecule is CC(=O)c1ccc(NC(=O)CCS(=O)(=O)N2CCCc3ccccc32)cc1. The zero-order valence-electron chi connectivity index (χ0n) is 15.1. The topological polar surface area (TPSA) is 83.5 Å². The van der Waals surface area contributed by atoms with Crippen molar-refractivity contribution in [2.75, 3.05) is 21.9 Å². The molecule has 1 aliphatic rings. The molecule has 0 bridgehead atoms. The fourth-order valence-electron chi connectivity index (χ4n) is 3.13. The van der Waals surface area contributed by atoms with Gasteiger partial charge in [0.15, 0.2) is 5.78 Å². The van der Waals surface area contributed by atoms with Crippen LogP contribution in [-0.2, 0) is 21.2 Å². The molecule has 27 heavy (non-hydrogen) atoms. The monoisotopic (exact) mass is 386 g/mol. The van der Waals surface area contributed by atoms with E-state index in [0.717, 1.165) is 18.4 Å². The average molecular weight is 386 g/mol. The highest BCUT2D eigenvalue weighted by atomic mass is 32.2. The van der Waals surface area contributed by atoms with Crippen LogP contribution >= 0.6 is 0 Å². The molecule has 2 aromatic carbocycles. The van der Waals surface area contributed by atoms with Crippen molar-refractivity contribution in [1.29, 1.82) is 0 Å². The predicted molar refractivity (Wildman–Crippen MR) is 106 cm³/mol. The van der Waals surface area contributed by atoms with Gasteiger partial charge < -0.3 is 5.32 Å². The Bertz CT molecular complexity index is 952. The Morgan fingerprint density at radius 1 is 1.07 bits per heavy atom. The quantitative estimate of drug-likeness (QED) is 0.774. The summed E-state index contributed by atoms with van der Waals surface area (Å²) < 4.78 is 26.9. The molecule has 6 nitrogen and oxygen atoms in total. The summed E-state index contributed by atoms with van der Waals surface area (Å²) in [4.78, 5) is 23.4. The first-order chi connectivity index (χ1) is 12.9. The van der Waals surface area contributed by atoms with E-state index in [1.807, 2.05) is 24.3 Å². The number of nitrogens with zero attached hydrogens (tertiary/aromatic N) is 1. The molecule has 0 aliphatic carbocycles. The van der Waals surface area contributed by atoms with Crippen molar-refractivity contribution in [1.82, 2.24) is 0 Å². The summed E-state index contributed by atoms with van der Waals surface area (Å²) in [6.45, 7) is 1.91. The van der Waals surface area contributed by atoms with Crippen LogP contribution in [0.25, 0.3) is 0 Å². The van der Waals surface area contributed by atoms with Crippen LogP contribution < -0.4 is 9.62 Å². The van der Waals surface area contributed by atoms with Gasteiger partial charge in [0.2, 0.25) is 15.9 Å². The molecule has 0 unspecified atom stereocenters. The fourth-order valence-corrected chi connectivity index (χ4v) is 4.68. The van der Waals surface area contributed by atoms with Gasteiger partial charge in [-0.05, 0) is 55.7 Å². The number of fused-ring (bicyclic) bond motifs is 1. The number of Topliss-reactive ketones (excluding diaryl/α,β-unsaturated/α-hetero) is 1. The second kappa shape index (κ2) is 7.92. The van der Waals surface area contributed by atoms with Crippen LogP contribution in [0.4, 0.5) is 11.4 Å². The van der Waals surface area contributed by atoms with Gasteiger partial charge >= 0.3 is 0 Å². The standard InChI is InChI=1S/C20H22N2O4S/c1-15(23)16-8-10-18(11-9-16)21-20(24)12-14-27(25,26)22-13-4-6-17-5-2-3-7-19(17)22/h2-3,5,7-11H,4,6,12-14H2,1H3,(H,21,24). The molecule has 2 aromatic rings. The minimum atomic E-state index is -3.57. The van der Waals surface area contributed by atoms with E-state index in [9.17, 15) is 18.0 Å². The molecular weight excluding hydrogens is 364 g/mol. The maximum Gasteiger partial charge on any atom is 0.235 e. The molecule has 0 aromatic heterocycles. The second-order valence-electron chi connectivity index (χ2n) is 6.55. The number of anilines is 2. The van der Waals surface area contributed by atoms with Crippen molar-refractivity contribution in [2.24, 2.45) is 0 Å². The van der Waals surface area contributed by atoms with Crippen molar-refractivity contribution in [3.63, 3.8) is 0 Å². The van der Waals surface area contributed by atoms with Gasteiger partial charge in [0, 0.05) is 24.2 Å². The largest absolute Gasteiger partial charge is 0.326 e. The minimum Gasteiger partial charge on any atom is -0.326 e. The van der Waals surface area contributed by atoms with Crippen LogP contribution in [0.15, 0.2) is 48.5 Å². The lowest BCUT2D eigenvalue weighted by Crippen LogP contribution is -2.37. The molecule has 0 atom stereocenters. The normalized spacial score (nSPS) is 13.7.